The van der Waals surface area contributed by atoms with Gasteiger partial charge in [-0.05, 0) is 86.6 Å². The highest BCUT2D eigenvalue weighted by Crippen LogP contribution is 2.35. The van der Waals surface area contributed by atoms with Crippen LogP contribution < -0.4 is 4.74 Å². The summed E-state index contributed by atoms with van der Waals surface area (Å²) in [5, 5.41) is 0.689. The Morgan fingerprint density at radius 1 is 0.833 bits per heavy atom. The minimum absolute atomic E-state index is 0.689. The first-order valence-corrected chi connectivity index (χ1v) is 12.8. The molecule has 0 atom stereocenters. The molecule has 1 aliphatic heterocycles. The van der Waals surface area contributed by atoms with Gasteiger partial charge in [0, 0.05) is 40.7 Å². The van der Waals surface area contributed by atoms with Crippen molar-refractivity contribution in [2.24, 2.45) is 0 Å². The normalized spacial score (nSPS) is 13.9. The van der Waals surface area contributed by atoms with Gasteiger partial charge in [-0.3, -0.25) is 14.3 Å². The molecule has 0 saturated carbocycles. The van der Waals surface area contributed by atoms with Gasteiger partial charge in [0.1, 0.15) is 18.0 Å². The molecule has 5 aromatic rings. The van der Waals surface area contributed by atoms with Gasteiger partial charge in [-0.2, -0.15) is 0 Å². The number of nitrogens with zero attached hydrogens (tertiary/aromatic N) is 4. The predicted molar refractivity (Wildman–Crippen MR) is 145 cm³/mol. The molecule has 0 radical (unpaired) electrons. The van der Waals surface area contributed by atoms with Gasteiger partial charge in [0.25, 0.3) is 0 Å². The lowest BCUT2D eigenvalue weighted by atomic mass is 10.0. The number of pyridine rings is 2. The largest absolute Gasteiger partial charge is 0.492 e. The summed E-state index contributed by atoms with van der Waals surface area (Å²) in [6.45, 7) is 4.08. The molecule has 36 heavy (non-hydrogen) atoms. The molecular formula is C30H27ClN4O. The zero-order valence-electron chi connectivity index (χ0n) is 20.0. The van der Waals surface area contributed by atoms with Gasteiger partial charge in [0.05, 0.1) is 17.1 Å². The molecule has 3 aromatic heterocycles. The van der Waals surface area contributed by atoms with Crippen molar-refractivity contribution in [3.05, 3.63) is 96.3 Å². The van der Waals surface area contributed by atoms with E-state index in [0.717, 1.165) is 51.7 Å². The van der Waals surface area contributed by atoms with E-state index >= 15 is 0 Å². The number of hydrogen-bond donors (Lipinski definition) is 0. The molecule has 4 heterocycles. The minimum atomic E-state index is 0.689. The van der Waals surface area contributed by atoms with Crippen LogP contribution >= 0.6 is 11.6 Å². The fraction of sp³-hybridized carbons (Fsp3) is 0.200. The van der Waals surface area contributed by atoms with Crippen molar-refractivity contribution >= 4 is 17.2 Å². The fourth-order valence-electron chi connectivity index (χ4n) is 4.87. The van der Waals surface area contributed by atoms with Crippen LogP contribution in [0, 0.1) is 0 Å². The van der Waals surface area contributed by atoms with Crippen LogP contribution in [0.2, 0.25) is 5.02 Å². The van der Waals surface area contributed by atoms with E-state index in [1.54, 1.807) is 0 Å². The lowest BCUT2D eigenvalue weighted by Gasteiger charge is -2.15. The van der Waals surface area contributed by atoms with Crippen LogP contribution in [0.1, 0.15) is 12.8 Å². The zero-order chi connectivity index (χ0) is 24.3. The van der Waals surface area contributed by atoms with Crippen molar-refractivity contribution in [1.29, 1.82) is 0 Å². The summed E-state index contributed by atoms with van der Waals surface area (Å²) >= 11 is 6.32. The van der Waals surface area contributed by atoms with Gasteiger partial charge >= 0.3 is 0 Å². The molecule has 1 fully saturated rings. The SMILES string of the molecule is Clc1cccc(-c2nc3ccccn3c2-c2ccnc(-c3ccc(OCCN4CCCC4)cc3)c2)c1. The number of rotatable bonds is 7. The number of ether oxygens (including phenoxy) is 1. The summed E-state index contributed by atoms with van der Waals surface area (Å²) in [7, 11) is 0. The number of hydrogen-bond acceptors (Lipinski definition) is 4. The fourth-order valence-corrected chi connectivity index (χ4v) is 5.06. The molecule has 6 heteroatoms. The molecule has 0 N–H and O–H groups in total. The van der Waals surface area contributed by atoms with E-state index in [9.17, 15) is 0 Å². The van der Waals surface area contributed by atoms with Crippen LogP contribution in [0.5, 0.6) is 5.75 Å². The van der Waals surface area contributed by atoms with Gasteiger partial charge in [0.15, 0.2) is 0 Å². The van der Waals surface area contributed by atoms with Crippen LogP contribution in [-0.2, 0) is 0 Å². The third kappa shape index (κ3) is 4.72. The van der Waals surface area contributed by atoms with Gasteiger partial charge in [-0.25, -0.2) is 4.98 Å². The third-order valence-electron chi connectivity index (χ3n) is 6.69. The average molecular weight is 495 g/mol. The third-order valence-corrected chi connectivity index (χ3v) is 6.92. The quantitative estimate of drug-likeness (QED) is 0.248. The Hall–Kier alpha value is -3.67. The first-order valence-electron chi connectivity index (χ1n) is 12.4. The van der Waals surface area contributed by atoms with E-state index in [2.05, 4.69) is 32.5 Å². The van der Waals surface area contributed by atoms with E-state index in [4.69, 9.17) is 21.3 Å². The van der Waals surface area contributed by atoms with E-state index < -0.39 is 0 Å². The predicted octanol–water partition coefficient (Wildman–Crippen LogP) is 6.86. The van der Waals surface area contributed by atoms with Crippen molar-refractivity contribution in [1.82, 2.24) is 19.3 Å². The maximum absolute atomic E-state index is 6.32. The number of likely N-dealkylation sites (tertiary alicyclic amines) is 1. The summed E-state index contributed by atoms with van der Waals surface area (Å²) in [6, 6.07) is 26.2. The first kappa shape index (κ1) is 22.8. The highest BCUT2D eigenvalue weighted by molar-refractivity contribution is 6.30. The molecule has 180 valence electrons. The Balaban J connectivity index is 1.30. The molecule has 0 amide bonds. The Bertz CT molecular complexity index is 1490. The second kappa shape index (κ2) is 10.1. The minimum Gasteiger partial charge on any atom is -0.492 e. The van der Waals surface area contributed by atoms with Crippen molar-refractivity contribution in [2.75, 3.05) is 26.2 Å². The molecule has 0 spiro atoms. The Labute approximate surface area is 216 Å². The highest BCUT2D eigenvalue weighted by atomic mass is 35.5. The van der Waals surface area contributed by atoms with Gasteiger partial charge in [-0.15, -0.1) is 0 Å². The summed E-state index contributed by atoms with van der Waals surface area (Å²) in [5.41, 5.74) is 6.76. The Morgan fingerprint density at radius 3 is 2.53 bits per heavy atom. The lowest BCUT2D eigenvalue weighted by molar-refractivity contribution is 0.238. The molecular weight excluding hydrogens is 468 g/mol. The maximum Gasteiger partial charge on any atom is 0.137 e. The number of fused-ring (bicyclic) bond motifs is 1. The molecule has 6 rings (SSSR count). The lowest BCUT2D eigenvalue weighted by Crippen LogP contribution is -2.25. The number of halogens is 1. The van der Waals surface area contributed by atoms with Crippen molar-refractivity contribution < 1.29 is 4.74 Å². The molecule has 0 bridgehead atoms. The second-order valence-electron chi connectivity index (χ2n) is 9.10. The Morgan fingerprint density at radius 2 is 1.69 bits per heavy atom. The first-order chi connectivity index (χ1) is 17.7. The number of benzene rings is 2. The van der Waals surface area contributed by atoms with Crippen molar-refractivity contribution in [3.8, 4) is 39.5 Å². The van der Waals surface area contributed by atoms with Crippen LogP contribution in [-0.4, -0.2) is 45.5 Å². The van der Waals surface area contributed by atoms with Crippen LogP contribution in [0.3, 0.4) is 0 Å². The van der Waals surface area contributed by atoms with E-state index in [1.807, 2.05) is 73.1 Å². The summed E-state index contributed by atoms with van der Waals surface area (Å²) in [4.78, 5) is 12.1. The van der Waals surface area contributed by atoms with Gasteiger partial charge in [-0.1, -0.05) is 29.8 Å². The topological polar surface area (TPSA) is 42.7 Å². The second-order valence-corrected chi connectivity index (χ2v) is 9.54. The molecule has 1 saturated heterocycles. The Kier molecular flexibility index (Phi) is 6.41. The highest BCUT2D eigenvalue weighted by Gasteiger charge is 2.17. The van der Waals surface area contributed by atoms with E-state index in [0.29, 0.717) is 11.6 Å². The smallest absolute Gasteiger partial charge is 0.137 e. The van der Waals surface area contributed by atoms with Crippen LogP contribution in [0.15, 0.2) is 91.3 Å². The van der Waals surface area contributed by atoms with Crippen LogP contribution in [0.25, 0.3) is 39.4 Å². The average Bonchev–Trinajstić information content (AvgIpc) is 3.57. The summed E-state index contributed by atoms with van der Waals surface area (Å²) in [5.74, 6) is 0.888. The molecule has 1 aliphatic rings. The number of imidazole rings is 1. The standard InChI is InChI=1S/C30H27ClN4O/c31-25-7-5-6-23(20-25)29-30(35-17-2-1-8-28(35)33-29)24-13-14-32-27(21-24)22-9-11-26(12-10-22)36-19-18-34-15-3-4-16-34/h1-2,5-14,17,20-21H,3-4,15-16,18-19H2. The molecule has 2 aromatic carbocycles. The summed E-state index contributed by atoms with van der Waals surface area (Å²) < 4.78 is 8.10. The van der Waals surface area contributed by atoms with Gasteiger partial charge < -0.3 is 4.74 Å². The van der Waals surface area contributed by atoms with Crippen molar-refractivity contribution in [2.45, 2.75) is 12.8 Å². The van der Waals surface area contributed by atoms with Crippen LogP contribution in [0.4, 0.5) is 0 Å². The monoisotopic (exact) mass is 494 g/mol. The molecule has 5 nitrogen and oxygen atoms in total. The van der Waals surface area contributed by atoms with E-state index in [1.165, 1.54) is 25.9 Å². The molecule has 0 unspecified atom stereocenters. The zero-order valence-corrected chi connectivity index (χ0v) is 20.7. The van der Waals surface area contributed by atoms with Crippen molar-refractivity contribution in [3.63, 3.8) is 0 Å². The maximum atomic E-state index is 6.32. The van der Waals surface area contributed by atoms with E-state index in [-0.39, 0.29) is 0 Å². The van der Waals surface area contributed by atoms with Gasteiger partial charge in [0.2, 0.25) is 0 Å². The molecule has 0 aliphatic carbocycles. The number of aromatic nitrogens is 3. The summed E-state index contributed by atoms with van der Waals surface area (Å²) in [6.07, 6.45) is 6.50.